The molecule has 2 aliphatic heterocycles. The average molecular weight is 502 g/mol. The maximum absolute atomic E-state index is 13.6. The van der Waals surface area contributed by atoms with Crippen molar-refractivity contribution < 1.29 is 18.8 Å². The number of rotatable bonds is 7. The molecule has 4 amide bonds. The predicted molar refractivity (Wildman–Crippen MR) is 132 cm³/mol. The molecule has 3 atom stereocenters. The van der Waals surface area contributed by atoms with Gasteiger partial charge in [0.1, 0.15) is 18.0 Å². The van der Waals surface area contributed by atoms with E-state index in [1.54, 1.807) is 50.3 Å². The number of hydrazine groups is 1. The van der Waals surface area contributed by atoms with Gasteiger partial charge in [-0.1, -0.05) is 38.5 Å². The number of benzene rings is 1. The first-order chi connectivity index (χ1) is 16.8. The van der Waals surface area contributed by atoms with Crippen molar-refractivity contribution in [3.05, 3.63) is 58.0 Å². The molecule has 0 aliphatic carbocycles. The van der Waals surface area contributed by atoms with Crippen molar-refractivity contribution >= 4 is 29.2 Å². The molecule has 1 N–H and O–H groups in total. The van der Waals surface area contributed by atoms with Gasteiger partial charge in [-0.15, -0.1) is 11.3 Å². The lowest BCUT2D eigenvalue weighted by Gasteiger charge is -2.55. The van der Waals surface area contributed by atoms with Crippen LogP contribution in [0.4, 0.5) is 9.18 Å². The van der Waals surface area contributed by atoms with Gasteiger partial charge >= 0.3 is 6.03 Å². The van der Waals surface area contributed by atoms with E-state index in [-0.39, 0.29) is 49.2 Å². The molecule has 0 radical (unpaired) electrons. The summed E-state index contributed by atoms with van der Waals surface area (Å²) in [6.07, 6.45) is 0.858. The van der Waals surface area contributed by atoms with Crippen LogP contribution >= 0.6 is 11.3 Å². The fraction of sp³-hybridized carbons (Fsp3) is 0.480. The molecule has 1 unspecified atom stereocenters. The number of fused-ring (bicyclic) bond motifs is 1. The van der Waals surface area contributed by atoms with E-state index in [1.165, 1.54) is 17.0 Å². The Kier molecular flexibility index (Phi) is 7.71. The molecular weight excluding hydrogens is 469 g/mol. The van der Waals surface area contributed by atoms with E-state index in [2.05, 4.69) is 5.32 Å². The highest BCUT2D eigenvalue weighted by Gasteiger charge is 2.51. The van der Waals surface area contributed by atoms with Crippen molar-refractivity contribution in [3.8, 4) is 0 Å². The van der Waals surface area contributed by atoms with Crippen molar-refractivity contribution in [3.63, 3.8) is 0 Å². The first-order valence-corrected chi connectivity index (χ1v) is 12.8. The number of thiophene rings is 1. The number of piperazine rings is 1. The third kappa shape index (κ3) is 5.33. The average Bonchev–Trinajstić information content (AvgIpc) is 3.36. The second kappa shape index (κ2) is 10.7. The van der Waals surface area contributed by atoms with Crippen LogP contribution in [0.25, 0.3) is 0 Å². The van der Waals surface area contributed by atoms with Crippen LogP contribution in [-0.4, -0.2) is 76.6 Å². The highest BCUT2D eigenvalue weighted by Crippen LogP contribution is 2.30. The van der Waals surface area contributed by atoms with Gasteiger partial charge in [-0.25, -0.2) is 19.2 Å². The maximum Gasteiger partial charge on any atom is 0.334 e. The molecule has 0 spiro atoms. The number of urea groups is 1. The van der Waals surface area contributed by atoms with E-state index in [9.17, 15) is 18.8 Å². The van der Waals surface area contributed by atoms with Gasteiger partial charge in [-0.05, 0) is 41.5 Å². The number of halogens is 1. The molecule has 188 valence electrons. The minimum absolute atomic E-state index is 0.00980. The molecule has 1 aromatic carbocycles. The topological polar surface area (TPSA) is 76.2 Å². The minimum Gasteiger partial charge on any atom is -0.337 e. The van der Waals surface area contributed by atoms with E-state index in [1.807, 2.05) is 31.4 Å². The van der Waals surface area contributed by atoms with Crippen LogP contribution < -0.4 is 5.32 Å². The van der Waals surface area contributed by atoms with Crippen LogP contribution in [0.1, 0.15) is 30.7 Å². The van der Waals surface area contributed by atoms with Crippen LogP contribution in [0, 0.1) is 11.7 Å². The molecule has 2 aliphatic rings. The van der Waals surface area contributed by atoms with Crippen molar-refractivity contribution in [1.29, 1.82) is 0 Å². The summed E-state index contributed by atoms with van der Waals surface area (Å²) in [6.45, 7) is 4.99. The van der Waals surface area contributed by atoms with Gasteiger partial charge in [0, 0.05) is 25.0 Å². The molecule has 2 fully saturated rings. The SMILES string of the molecule is CCC(C)[C@H]1C(=O)N(CCc2cccs2)C[C@H]2N1C(=O)CN(C)N2C(=O)NCc1ccc(F)cc1. The highest BCUT2D eigenvalue weighted by atomic mass is 32.1. The molecule has 1 aromatic heterocycles. The summed E-state index contributed by atoms with van der Waals surface area (Å²) in [5.41, 5.74) is 0.765. The third-order valence-electron chi connectivity index (χ3n) is 6.83. The van der Waals surface area contributed by atoms with Crippen LogP contribution in [0.2, 0.25) is 0 Å². The molecule has 3 heterocycles. The first-order valence-electron chi connectivity index (χ1n) is 11.9. The number of nitrogens with one attached hydrogen (secondary N) is 1. The largest absolute Gasteiger partial charge is 0.337 e. The smallest absolute Gasteiger partial charge is 0.334 e. The number of hydrogen-bond acceptors (Lipinski definition) is 5. The fourth-order valence-corrected chi connectivity index (χ4v) is 5.46. The standard InChI is InChI=1S/C25H32FN5O3S/c1-4-17(2)23-24(33)29(12-11-20-6-5-13-35-20)15-21-30(23)22(32)16-28(3)31(21)25(34)27-14-18-7-9-19(26)10-8-18/h5-10,13,17,21,23H,4,11-12,14-16H2,1-3H3,(H,27,34)/t17?,21-,23-/m0/s1. The number of hydrogen-bond donors (Lipinski definition) is 1. The Labute approximate surface area is 209 Å². The number of amides is 4. The normalized spacial score (nSPS) is 21.8. The van der Waals surface area contributed by atoms with Gasteiger partial charge in [0.05, 0.1) is 13.1 Å². The van der Waals surface area contributed by atoms with E-state index in [0.717, 1.165) is 18.4 Å². The molecule has 35 heavy (non-hydrogen) atoms. The van der Waals surface area contributed by atoms with Gasteiger partial charge in [0.2, 0.25) is 11.8 Å². The zero-order valence-corrected chi connectivity index (χ0v) is 21.1. The van der Waals surface area contributed by atoms with Gasteiger partial charge in [0.25, 0.3) is 0 Å². The van der Waals surface area contributed by atoms with Crippen LogP contribution in [0.5, 0.6) is 0 Å². The first kappa shape index (κ1) is 25.1. The predicted octanol–water partition coefficient (Wildman–Crippen LogP) is 2.91. The summed E-state index contributed by atoms with van der Waals surface area (Å²) in [5, 5.41) is 8.06. The Hall–Kier alpha value is -2.98. The van der Waals surface area contributed by atoms with Crippen molar-refractivity contribution in [2.24, 2.45) is 5.92 Å². The molecule has 2 aromatic rings. The Bertz CT molecular complexity index is 1050. The number of likely N-dealkylation sites (N-methyl/N-ethyl adjacent to an activating group) is 1. The lowest BCUT2D eigenvalue weighted by atomic mass is 9.92. The number of carbonyl (C=O) groups excluding carboxylic acids is 3. The Morgan fingerprint density at radius 3 is 2.63 bits per heavy atom. The monoisotopic (exact) mass is 501 g/mol. The van der Waals surface area contributed by atoms with Crippen LogP contribution in [0.15, 0.2) is 41.8 Å². The molecule has 0 bridgehead atoms. The second-order valence-electron chi connectivity index (χ2n) is 9.17. The number of carbonyl (C=O) groups is 3. The van der Waals surface area contributed by atoms with Crippen LogP contribution in [0.3, 0.4) is 0 Å². The maximum atomic E-state index is 13.6. The summed E-state index contributed by atoms with van der Waals surface area (Å²) in [4.78, 5) is 44.7. The minimum atomic E-state index is -0.615. The fourth-order valence-electron chi connectivity index (χ4n) is 4.76. The van der Waals surface area contributed by atoms with Crippen molar-refractivity contribution in [2.45, 2.75) is 45.4 Å². The molecular formula is C25H32FN5O3S. The Morgan fingerprint density at radius 1 is 1.23 bits per heavy atom. The lowest BCUT2D eigenvalue weighted by Crippen LogP contribution is -2.76. The Morgan fingerprint density at radius 2 is 1.97 bits per heavy atom. The summed E-state index contributed by atoms with van der Waals surface area (Å²) in [5.74, 6) is -0.602. The van der Waals surface area contributed by atoms with E-state index >= 15 is 0 Å². The third-order valence-corrected chi connectivity index (χ3v) is 7.76. The summed E-state index contributed by atoms with van der Waals surface area (Å²) < 4.78 is 13.2. The van der Waals surface area contributed by atoms with E-state index in [0.29, 0.717) is 6.54 Å². The summed E-state index contributed by atoms with van der Waals surface area (Å²) in [7, 11) is 1.71. The molecule has 4 rings (SSSR count). The zero-order chi connectivity index (χ0) is 25.1. The molecule has 8 nitrogen and oxygen atoms in total. The van der Waals surface area contributed by atoms with Gasteiger partial charge in [-0.2, -0.15) is 0 Å². The zero-order valence-electron chi connectivity index (χ0n) is 20.3. The quantitative estimate of drug-likeness (QED) is 0.633. The van der Waals surface area contributed by atoms with Crippen molar-refractivity contribution in [2.75, 3.05) is 26.7 Å². The second-order valence-corrected chi connectivity index (χ2v) is 10.2. The molecule has 0 saturated carbocycles. The molecule has 10 heteroatoms. The molecule has 2 saturated heterocycles. The van der Waals surface area contributed by atoms with Gasteiger partial charge < -0.3 is 15.1 Å². The van der Waals surface area contributed by atoms with Crippen LogP contribution in [-0.2, 0) is 22.6 Å². The van der Waals surface area contributed by atoms with E-state index < -0.39 is 12.2 Å². The van der Waals surface area contributed by atoms with Gasteiger partial charge in [-0.3, -0.25) is 9.59 Å². The highest BCUT2D eigenvalue weighted by molar-refractivity contribution is 7.09. The summed E-state index contributed by atoms with van der Waals surface area (Å²) >= 11 is 1.65. The summed E-state index contributed by atoms with van der Waals surface area (Å²) in [6, 6.07) is 9.00. The lowest BCUT2D eigenvalue weighted by molar-refractivity contribution is -0.190. The number of nitrogens with zero attached hydrogens (tertiary/aromatic N) is 4. The van der Waals surface area contributed by atoms with Gasteiger partial charge in [0.15, 0.2) is 0 Å². The Balaban J connectivity index is 1.57. The van der Waals surface area contributed by atoms with E-state index in [4.69, 9.17) is 0 Å². The van der Waals surface area contributed by atoms with Crippen molar-refractivity contribution in [1.82, 2.24) is 25.1 Å².